The Hall–Kier alpha value is -2.76. The average molecular weight is 345 g/mol. The summed E-state index contributed by atoms with van der Waals surface area (Å²) in [6.45, 7) is 3.82. The number of nitrogens with zero attached hydrogens (tertiary/aromatic N) is 1. The Bertz CT molecular complexity index is 702. The fourth-order valence-electron chi connectivity index (χ4n) is 2.28. The molecule has 0 aromatic heterocycles. The van der Waals surface area contributed by atoms with E-state index >= 15 is 0 Å². The molecule has 0 fully saturated rings. The van der Waals surface area contributed by atoms with Gasteiger partial charge >= 0.3 is 0 Å². The van der Waals surface area contributed by atoms with E-state index in [0.29, 0.717) is 30.5 Å². The van der Waals surface area contributed by atoms with Crippen molar-refractivity contribution < 1.29 is 13.9 Å². The molecule has 25 heavy (non-hydrogen) atoms. The van der Waals surface area contributed by atoms with Gasteiger partial charge in [0, 0.05) is 13.1 Å². The summed E-state index contributed by atoms with van der Waals surface area (Å²) in [6, 6.07) is 12.1. The van der Waals surface area contributed by atoms with Crippen LogP contribution in [0.3, 0.4) is 0 Å². The van der Waals surface area contributed by atoms with Crippen LogP contribution in [0.15, 0.2) is 47.5 Å². The SMILES string of the molecule is CCNC(=NCc1ccc(OC)c(OC)c1)NCc1ccc(F)cc1. The van der Waals surface area contributed by atoms with Crippen LogP contribution in [0.2, 0.25) is 0 Å². The number of ether oxygens (including phenoxy) is 2. The lowest BCUT2D eigenvalue weighted by atomic mass is 10.2. The molecule has 6 heteroatoms. The highest BCUT2D eigenvalue weighted by Gasteiger charge is 2.05. The van der Waals surface area contributed by atoms with E-state index in [1.165, 1.54) is 12.1 Å². The minimum absolute atomic E-state index is 0.238. The van der Waals surface area contributed by atoms with Crippen LogP contribution >= 0.6 is 0 Å². The van der Waals surface area contributed by atoms with E-state index in [4.69, 9.17) is 9.47 Å². The molecule has 0 saturated heterocycles. The average Bonchev–Trinajstić information content (AvgIpc) is 2.65. The molecule has 2 aromatic rings. The van der Waals surface area contributed by atoms with Crippen LogP contribution in [0.25, 0.3) is 0 Å². The zero-order chi connectivity index (χ0) is 18.1. The van der Waals surface area contributed by atoms with Gasteiger partial charge in [-0.3, -0.25) is 0 Å². The number of rotatable bonds is 7. The maximum Gasteiger partial charge on any atom is 0.191 e. The molecule has 0 radical (unpaired) electrons. The topological polar surface area (TPSA) is 54.9 Å². The second-order valence-corrected chi connectivity index (χ2v) is 5.36. The molecule has 134 valence electrons. The summed E-state index contributed by atoms with van der Waals surface area (Å²) in [7, 11) is 3.22. The first-order valence-electron chi connectivity index (χ1n) is 8.13. The quantitative estimate of drug-likeness (QED) is 0.598. The van der Waals surface area contributed by atoms with E-state index in [1.807, 2.05) is 25.1 Å². The third kappa shape index (κ3) is 5.67. The Kier molecular flexibility index (Phi) is 7.07. The minimum Gasteiger partial charge on any atom is -0.493 e. The first kappa shape index (κ1) is 18.6. The summed E-state index contributed by atoms with van der Waals surface area (Å²) in [4.78, 5) is 4.57. The standard InChI is InChI=1S/C19H24FN3O2/c1-4-21-19(22-12-14-5-8-16(20)9-6-14)23-13-15-7-10-17(24-2)18(11-15)25-3/h5-11H,4,12-13H2,1-3H3,(H2,21,22,23). The molecule has 0 aliphatic rings. The number of hydrogen-bond donors (Lipinski definition) is 2. The monoisotopic (exact) mass is 345 g/mol. The van der Waals surface area contributed by atoms with E-state index in [1.54, 1.807) is 26.4 Å². The lowest BCUT2D eigenvalue weighted by molar-refractivity contribution is 0.354. The molecule has 0 heterocycles. The first-order valence-corrected chi connectivity index (χ1v) is 8.13. The molecule has 0 saturated carbocycles. The van der Waals surface area contributed by atoms with Crippen LogP contribution in [0.1, 0.15) is 18.1 Å². The number of aliphatic imine (C=N–C) groups is 1. The first-order chi connectivity index (χ1) is 12.2. The fourth-order valence-corrected chi connectivity index (χ4v) is 2.28. The van der Waals surface area contributed by atoms with Crippen molar-refractivity contribution in [1.29, 1.82) is 0 Å². The van der Waals surface area contributed by atoms with E-state index in [0.717, 1.165) is 17.7 Å². The molecule has 0 unspecified atom stereocenters. The second kappa shape index (κ2) is 9.52. The summed E-state index contributed by atoms with van der Waals surface area (Å²) >= 11 is 0. The Labute approximate surface area is 147 Å². The van der Waals surface area contributed by atoms with Gasteiger partial charge in [0.1, 0.15) is 5.82 Å². The third-order valence-electron chi connectivity index (χ3n) is 3.59. The Morgan fingerprint density at radius 1 is 0.960 bits per heavy atom. The van der Waals surface area contributed by atoms with Gasteiger partial charge < -0.3 is 20.1 Å². The molecule has 0 atom stereocenters. The molecule has 0 aliphatic carbocycles. The molecule has 2 N–H and O–H groups in total. The van der Waals surface area contributed by atoms with E-state index in [-0.39, 0.29) is 5.82 Å². The van der Waals surface area contributed by atoms with Crippen molar-refractivity contribution in [1.82, 2.24) is 10.6 Å². The van der Waals surface area contributed by atoms with Crippen LogP contribution in [-0.4, -0.2) is 26.7 Å². The highest BCUT2D eigenvalue weighted by Crippen LogP contribution is 2.27. The lowest BCUT2D eigenvalue weighted by Crippen LogP contribution is -2.36. The Morgan fingerprint density at radius 3 is 2.28 bits per heavy atom. The molecule has 2 aromatic carbocycles. The van der Waals surface area contributed by atoms with Crippen molar-refractivity contribution in [3.8, 4) is 11.5 Å². The predicted molar refractivity (Wildman–Crippen MR) is 97.6 cm³/mol. The summed E-state index contributed by atoms with van der Waals surface area (Å²) in [5, 5.41) is 6.43. The molecule has 0 spiro atoms. The second-order valence-electron chi connectivity index (χ2n) is 5.36. The summed E-state index contributed by atoms with van der Waals surface area (Å²) < 4.78 is 23.5. The smallest absolute Gasteiger partial charge is 0.191 e. The number of guanidine groups is 1. The molecule has 5 nitrogen and oxygen atoms in total. The van der Waals surface area contributed by atoms with Crippen LogP contribution < -0.4 is 20.1 Å². The van der Waals surface area contributed by atoms with Gasteiger partial charge in [-0.1, -0.05) is 18.2 Å². The van der Waals surface area contributed by atoms with Crippen LogP contribution in [-0.2, 0) is 13.1 Å². The number of hydrogen-bond acceptors (Lipinski definition) is 3. The number of halogens is 1. The Morgan fingerprint density at radius 2 is 1.64 bits per heavy atom. The molecular weight excluding hydrogens is 321 g/mol. The van der Waals surface area contributed by atoms with Crippen LogP contribution in [0, 0.1) is 5.82 Å². The van der Waals surface area contributed by atoms with Crippen molar-refractivity contribution >= 4 is 5.96 Å². The van der Waals surface area contributed by atoms with Crippen molar-refractivity contribution in [2.75, 3.05) is 20.8 Å². The molecule has 0 amide bonds. The van der Waals surface area contributed by atoms with Gasteiger partial charge in [-0.05, 0) is 42.3 Å². The Balaban J connectivity index is 2.02. The van der Waals surface area contributed by atoms with Crippen molar-refractivity contribution in [2.45, 2.75) is 20.0 Å². The minimum atomic E-state index is -0.238. The van der Waals surface area contributed by atoms with Crippen LogP contribution in [0.4, 0.5) is 4.39 Å². The van der Waals surface area contributed by atoms with Crippen LogP contribution in [0.5, 0.6) is 11.5 Å². The molecule has 0 bridgehead atoms. The predicted octanol–water partition coefficient (Wildman–Crippen LogP) is 3.10. The van der Waals surface area contributed by atoms with Gasteiger partial charge in [-0.25, -0.2) is 9.38 Å². The number of methoxy groups -OCH3 is 2. The van der Waals surface area contributed by atoms with Gasteiger partial charge in [0.15, 0.2) is 17.5 Å². The molecule has 2 rings (SSSR count). The van der Waals surface area contributed by atoms with Crippen molar-refractivity contribution in [2.24, 2.45) is 4.99 Å². The third-order valence-corrected chi connectivity index (χ3v) is 3.59. The van der Waals surface area contributed by atoms with E-state index < -0.39 is 0 Å². The fraction of sp³-hybridized carbons (Fsp3) is 0.316. The van der Waals surface area contributed by atoms with E-state index in [2.05, 4.69) is 15.6 Å². The van der Waals surface area contributed by atoms with Crippen molar-refractivity contribution in [3.05, 3.63) is 59.4 Å². The number of benzene rings is 2. The maximum absolute atomic E-state index is 13.0. The van der Waals surface area contributed by atoms with Gasteiger partial charge in [0.25, 0.3) is 0 Å². The summed E-state index contributed by atoms with van der Waals surface area (Å²) in [5.41, 5.74) is 2.00. The highest BCUT2D eigenvalue weighted by atomic mass is 19.1. The van der Waals surface area contributed by atoms with Gasteiger partial charge in [-0.15, -0.1) is 0 Å². The zero-order valence-corrected chi connectivity index (χ0v) is 14.8. The summed E-state index contributed by atoms with van der Waals surface area (Å²) in [5.74, 6) is 1.83. The lowest BCUT2D eigenvalue weighted by Gasteiger charge is -2.12. The number of nitrogens with one attached hydrogen (secondary N) is 2. The zero-order valence-electron chi connectivity index (χ0n) is 14.8. The highest BCUT2D eigenvalue weighted by molar-refractivity contribution is 5.79. The normalized spacial score (nSPS) is 11.1. The van der Waals surface area contributed by atoms with E-state index in [9.17, 15) is 4.39 Å². The molecular formula is C19H24FN3O2. The summed E-state index contributed by atoms with van der Waals surface area (Å²) in [6.07, 6.45) is 0. The van der Waals surface area contributed by atoms with Gasteiger partial charge in [0.05, 0.1) is 20.8 Å². The maximum atomic E-state index is 13.0. The van der Waals surface area contributed by atoms with Gasteiger partial charge in [0.2, 0.25) is 0 Å². The van der Waals surface area contributed by atoms with Gasteiger partial charge in [-0.2, -0.15) is 0 Å². The molecule has 0 aliphatic heterocycles. The van der Waals surface area contributed by atoms with Crippen molar-refractivity contribution in [3.63, 3.8) is 0 Å². The largest absolute Gasteiger partial charge is 0.493 e.